The minimum Gasteiger partial charge on any atom is -0.352 e. The van der Waals surface area contributed by atoms with Gasteiger partial charge < -0.3 is 5.32 Å². The molecule has 0 aliphatic carbocycles. The van der Waals surface area contributed by atoms with Crippen LogP contribution in [0, 0.1) is 22.7 Å². The second kappa shape index (κ2) is 7.78. The van der Waals surface area contributed by atoms with E-state index in [4.69, 9.17) is 22.1 Å². The summed E-state index contributed by atoms with van der Waals surface area (Å²) in [5.74, 6) is -0.287. The Labute approximate surface area is 121 Å². The zero-order valence-electron chi connectivity index (χ0n) is 10.8. The number of halogens is 1. The number of nitriles is 2. The van der Waals surface area contributed by atoms with E-state index in [0.717, 1.165) is 6.42 Å². The number of hydrogen-bond acceptors (Lipinski definition) is 5. The third-order valence-corrected chi connectivity index (χ3v) is 2.58. The highest BCUT2D eigenvalue weighted by Gasteiger charge is 2.10. The number of nitrogens with zero attached hydrogens (tertiary/aromatic N) is 3. The molecule has 0 spiro atoms. The first kappa shape index (κ1) is 15.5. The highest BCUT2D eigenvalue weighted by Crippen LogP contribution is 2.20. The average molecular weight is 290 g/mol. The third kappa shape index (κ3) is 4.27. The molecule has 0 fully saturated rings. The van der Waals surface area contributed by atoms with Crippen LogP contribution in [-0.2, 0) is 0 Å². The molecular weight excluding hydrogens is 278 g/mol. The van der Waals surface area contributed by atoms with E-state index in [9.17, 15) is 4.79 Å². The molecule has 2 N–H and O–H groups in total. The van der Waals surface area contributed by atoms with E-state index < -0.39 is 0 Å². The molecule has 0 aliphatic rings. The molecule has 1 aromatic rings. The standard InChI is InChI=1S/C13H12ClN5O/c1-2-5-17-13(20)11-6-9(3-4-12(11)14)18-19-10(7-15)8-16/h3-4,6,18H,2,5H2,1H3,(H,17,20). The van der Waals surface area contributed by atoms with Crippen molar-refractivity contribution in [3.05, 3.63) is 28.8 Å². The van der Waals surface area contributed by atoms with Crippen molar-refractivity contribution in [2.45, 2.75) is 13.3 Å². The molecule has 6 nitrogen and oxygen atoms in total. The van der Waals surface area contributed by atoms with Gasteiger partial charge in [-0.25, -0.2) is 0 Å². The molecule has 102 valence electrons. The molecule has 0 bridgehead atoms. The highest BCUT2D eigenvalue weighted by atomic mass is 35.5. The molecule has 0 aromatic heterocycles. The van der Waals surface area contributed by atoms with E-state index in [-0.39, 0.29) is 11.6 Å². The Hall–Kier alpha value is -2.57. The molecular formula is C13H12ClN5O. The lowest BCUT2D eigenvalue weighted by molar-refractivity contribution is 0.0954. The number of amides is 1. The number of benzene rings is 1. The summed E-state index contributed by atoms with van der Waals surface area (Å²) in [5.41, 5.74) is 2.98. The average Bonchev–Trinajstić information content (AvgIpc) is 2.47. The molecule has 20 heavy (non-hydrogen) atoms. The van der Waals surface area contributed by atoms with Crippen LogP contribution in [0.2, 0.25) is 5.02 Å². The van der Waals surface area contributed by atoms with Crippen molar-refractivity contribution in [1.82, 2.24) is 5.32 Å². The van der Waals surface area contributed by atoms with Crippen molar-refractivity contribution in [3.8, 4) is 12.1 Å². The van der Waals surface area contributed by atoms with Gasteiger partial charge in [0, 0.05) is 6.54 Å². The largest absolute Gasteiger partial charge is 0.352 e. The predicted molar refractivity (Wildman–Crippen MR) is 76.4 cm³/mol. The van der Waals surface area contributed by atoms with Gasteiger partial charge in [0.15, 0.2) is 0 Å². The summed E-state index contributed by atoms with van der Waals surface area (Å²) in [6.45, 7) is 2.50. The minimum atomic E-state index is -0.308. The zero-order valence-corrected chi connectivity index (χ0v) is 11.5. The van der Waals surface area contributed by atoms with Gasteiger partial charge in [0.25, 0.3) is 5.91 Å². The number of hydrazone groups is 1. The van der Waals surface area contributed by atoms with Crippen LogP contribution in [0.3, 0.4) is 0 Å². The van der Waals surface area contributed by atoms with Crippen molar-refractivity contribution in [2.24, 2.45) is 5.10 Å². The molecule has 1 rings (SSSR count). The second-order valence-electron chi connectivity index (χ2n) is 3.75. The highest BCUT2D eigenvalue weighted by molar-refractivity contribution is 6.34. The first-order chi connectivity index (χ1) is 9.62. The number of nitrogens with one attached hydrogen (secondary N) is 2. The summed E-state index contributed by atoms with van der Waals surface area (Å²) in [5, 5.41) is 23.7. The van der Waals surface area contributed by atoms with Crippen LogP contribution in [0.4, 0.5) is 5.69 Å². The summed E-state index contributed by atoms with van der Waals surface area (Å²) in [6, 6.07) is 7.87. The first-order valence-corrected chi connectivity index (χ1v) is 6.21. The lowest BCUT2D eigenvalue weighted by Crippen LogP contribution is -2.24. The molecule has 1 aromatic carbocycles. The maximum absolute atomic E-state index is 11.9. The van der Waals surface area contributed by atoms with E-state index in [1.165, 1.54) is 6.07 Å². The molecule has 0 saturated heterocycles. The van der Waals surface area contributed by atoms with Gasteiger partial charge in [-0.1, -0.05) is 18.5 Å². The van der Waals surface area contributed by atoms with Crippen LogP contribution >= 0.6 is 11.6 Å². The fourth-order valence-electron chi connectivity index (χ4n) is 1.30. The van der Waals surface area contributed by atoms with Gasteiger partial charge >= 0.3 is 0 Å². The third-order valence-electron chi connectivity index (χ3n) is 2.26. The number of hydrogen-bond donors (Lipinski definition) is 2. The smallest absolute Gasteiger partial charge is 0.252 e. The van der Waals surface area contributed by atoms with Crippen molar-refractivity contribution >= 4 is 28.9 Å². The van der Waals surface area contributed by atoms with E-state index in [1.807, 2.05) is 6.92 Å². The van der Waals surface area contributed by atoms with Gasteiger partial charge in [-0.2, -0.15) is 15.6 Å². The van der Waals surface area contributed by atoms with Crippen LogP contribution in [0.1, 0.15) is 23.7 Å². The number of anilines is 1. The Bertz CT molecular complexity index is 596. The first-order valence-electron chi connectivity index (χ1n) is 5.84. The Morgan fingerprint density at radius 1 is 1.40 bits per heavy atom. The summed E-state index contributed by atoms with van der Waals surface area (Å²) < 4.78 is 0. The molecule has 1 amide bonds. The van der Waals surface area contributed by atoms with Crippen molar-refractivity contribution in [3.63, 3.8) is 0 Å². The molecule has 0 saturated carbocycles. The van der Waals surface area contributed by atoms with E-state index in [0.29, 0.717) is 22.8 Å². The Morgan fingerprint density at radius 3 is 2.70 bits per heavy atom. The van der Waals surface area contributed by atoms with Crippen molar-refractivity contribution in [1.29, 1.82) is 10.5 Å². The summed E-state index contributed by atoms with van der Waals surface area (Å²) >= 11 is 5.96. The maximum atomic E-state index is 11.9. The summed E-state index contributed by atoms with van der Waals surface area (Å²) in [6.07, 6.45) is 0.819. The fraction of sp³-hybridized carbons (Fsp3) is 0.231. The molecule has 0 atom stereocenters. The minimum absolute atomic E-state index is 0.287. The van der Waals surface area contributed by atoms with Crippen LogP contribution in [0.15, 0.2) is 23.3 Å². The summed E-state index contributed by atoms with van der Waals surface area (Å²) in [7, 11) is 0. The quantitative estimate of drug-likeness (QED) is 0.641. The Morgan fingerprint density at radius 2 is 2.10 bits per heavy atom. The molecule has 0 radical (unpaired) electrons. The Kier molecular flexibility index (Phi) is 6.02. The van der Waals surface area contributed by atoms with Gasteiger partial charge in [0.2, 0.25) is 5.71 Å². The van der Waals surface area contributed by atoms with E-state index >= 15 is 0 Å². The van der Waals surface area contributed by atoms with Crippen molar-refractivity contribution in [2.75, 3.05) is 12.0 Å². The maximum Gasteiger partial charge on any atom is 0.252 e. The zero-order chi connectivity index (χ0) is 15.0. The second-order valence-corrected chi connectivity index (χ2v) is 4.15. The van der Waals surface area contributed by atoms with Gasteiger partial charge in [-0.05, 0) is 24.6 Å². The Balaban J connectivity index is 2.92. The predicted octanol–water partition coefficient (Wildman–Crippen LogP) is 2.29. The molecule has 0 unspecified atom stereocenters. The monoisotopic (exact) mass is 289 g/mol. The number of carbonyl (C=O) groups is 1. The van der Waals surface area contributed by atoms with Crippen LogP contribution in [0.25, 0.3) is 0 Å². The van der Waals surface area contributed by atoms with E-state index in [2.05, 4.69) is 15.8 Å². The van der Waals surface area contributed by atoms with Gasteiger partial charge in [-0.15, -0.1) is 0 Å². The van der Waals surface area contributed by atoms with Crippen LogP contribution in [0.5, 0.6) is 0 Å². The topological polar surface area (TPSA) is 101 Å². The van der Waals surface area contributed by atoms with Gasteiger partial charge in [0.1, 0.15) is 12.1 Å². The number of rotatable bonds is 5. The number of carbonyl (C=O) groups excluding carboxylic acids is 1. The fourth-order valence-corrected chi connectivity index (χ4v) is 1.50. The lowest BCUT2D eigenvalue weighted by Gasteiger charge is -2.07. The van der Waals surface area contributed by atoms with Gasteiger partial charge in [0.05, 0.1) is 16.3 Å². The van der Waals surface area contributed by atoms with E-state index in [1.54, 1.807) is 24.3 Å². The molecule has 7 heteroatoms. The SMILES string of the molecule is CCCNC(=O)c1cc(NN=C(C#N)C#N)ccc1Cl. The van der Waals surface area contributed by atoms with Crippen LogP contribution < -0.4 is 10.7 Å². The van der Waals surface area contributed by atoms with Gasteiger partial charge in [-0.3, -0.25) is 10.2 Å². The molecule has 0 heterocycles. The molecule has 0 aliphatic heterocycles. The lowest BCUT2D eigenvalue weighted by atomic mass is 10.2. The normalized spacial score (nSPS) is 9.00. The van der Waals surface area contributed by atoms with Crippen molar-refractivity contribution < 1.29 is 4.79 Å². The van der Waals surface area contributed by atoms with Crippen LogP contribution in [-0.4, -0.2) is 18.2 Å². The summed E-state index contributed by atoms with van der Waals surface area (Å²) in [4.78, 5) is 11.9.